The first-order valence-electron chi connectivity index (χ1n) is 8.29. The molecule has 1 atom stereocenters. The lowest BCUT2D eigenvalue weighted by atomic mass is 10.0. The number of imide groups is 1. The zero-order valence-corrected chi connectivity index (χ0v) is 15.3. The van der Waals surface area contributed by atoms with E-state index in [1.807, 2.05) is 24.3 Å². The largest absolute Gasteiger partial charge is 0.449 e. The van der Waals surface area contributed by atoms with E-state index in [0.29, 0.717) is 5.92 Å². The fourth-order valence-electron chi connectivity index (χ4n) is 1.94. The predicted molar refractivity (Wildman–Crippen MR) is 96.9 cm³/mol. The van der Waals surface area contributed by atoms with Gasteiger partial charge in [0.05, 0.1) is 0 Å². The van der Waals surface area contributed by atoms with Crippen LogP contribution in [0.25, 0.3) is 6.08 Å². The molecule has 6 heteroatoms. The highest BCUT2D eigenvalue weighted by Crippen LogP contribution is 2.15. The molecule has 1 aromatic rings. The molecule has 0 spiro atoms. The Morgan fingerprint density at radius 3 is 2.12 bits per heavy atom. The van der Waals surface area contributed by atoms with E-state index in [2.05, 4.69) is 24.5 Å². The van der Waals surface area contributed by atoms with Gasteiger partial charge in [-0.25, -0.2) is 9.59 Å². The Bertz CT molecular complexity index is 633. The summed E-state index contributed by atoms with van der Waals surface area (Å²) >= 11 is 0. The van der Waals surface area contributed by atoms with Gasteiger partial charge in [-0.15, -0.1) is 0 Å². The number of rotatable bonds is 6. The molecule has 136 valence electrons. The third kappa shape index (κ3) is 7.65. The minimum Gasteiger partial charge on any atom is -0.449 e. The number of ether oxygens (including phenoxy) is 1. The van der Waals surface area contributed by atoms with Gasteiger partial charge in [0.25, 0.3) is 5.91 Å². The molecule has 0 aliphatic rings. The minimum absolute atomic E-state index is 0.101. The fourth-order valence-corrected chi connectivity index (χ4v) is 1.94. The van der Waals surface area contributed by atoms with Crippen LogP contribution in [0.15, 0.2) is 30.3 Å². The molecule has 0 bridgehead atoms. The van der Waals surface area contributed by atoms with Gasteiger partial charge in [-0.1, -0.05) is 38.1 Å². The molecule has 3 amide bonds. The fraction of sp³-hybridized carbons (Fsp3) is 0.421. The molecule has 0 heterocycles. The van der Waals surface area contributed by atoms with Crippen molar-refractivity contribution in [2.24, 2.45) is 0 Å². The van der Waals surface area contributed by atoms with E-state index in [0.717, 1.165) is 5.56 Å². The van der Waals surface area contributed by atoms with Crippen LogP contribution < -0.4 is 10.6 Å². The summed E-state index contributed by atoms with van der Waals surface area (Å²) < 4.78 is 4.98. The van der Waals surface area contributed by atoms with Gasteiger partial charge < -0.3 is 10.1 Å². The average Bonchev–Trinajstić information content (AvgIpc) is 2.52. The molecule has 0 fully saturated rings. The van der Waals surface area contributed by atoms with Crippen molar-refractivity contribution in [3.8, 4) is 0 Å². The number of carbonyl (C=O) groups is 3. The molecule has 0 saturated carbocycles. The number of amides is 3. The lowest BCUT2D eigenvalue weighted by molar-refractivity contribution is -0.149. The third-order valence-corrected chi connectivity index (χ3v) is 3.33. The molecule has 0 aliphatic heterocycles. The zero-order chi connectivity index (χ0) is 19.0. The second-order valence-corrected chi connectivity index (χ2v) is 6.35. The Balaban J connectivity index is 2.51. The van der Waals surface area contributed by atoms with Gasteiger partial charge in [0, 0.05) is 12.1 Å². The molecule has 25 heavy (non-hydrogen) atoms. The lowest BCUT2D eigenvalue weighted by Gasteiger charge is -2.13. The van der Waals surface area contributed by atoms with Crippen molar-refractivity contribution in [1.82, 2.24) is 10.6 Å². The van der Waals surface area contributed by atoms with Gasteiger partial charge in [0.2, 0.25) is 0 Å². The Morgan fingerprint density at radius 2 is 1.60 bits per heavy atom. The van der Waals surface area contributed by atoms with Crippen LogP contribution in [0.2, 0.25) is 0 Å². The maximum atomic E-state index is 11.8. The van der Waals surface area contributed by atoms with Gasteiger partial charge in [0.15, 0.2) is 6.10 Å². The summed E-state index contributed by atoms with van der Waals surface area (Å²) in [6.45, 7) is 9.16. The molecule has 0 radical (unpaired) electrons. The predicted octanol–water partition coefficient (Wildman–Crippen LogP) is 2.99. The topological polar surface area (TPSA) is 84.5 Å². The second-order valence-electron chi connectivity index (χ2n) is 6.35. The second kappa shape index (κ2) is 9.61. The van der Waals surface area contributed by atoms with Gasteiger partial charge in [-0.05, 0) is 43.9 Å². The van der Waals surface area contributed by atoms with Crippen LogP contribution in [0.1, 0.15) is 51.7 Å². The van der Waals surface area contributed by atoms with Crippen LogP contribution in [0.4, 0.5) is 4.79 Å². The zero-order valence-electron chi connectivity index (χ0n) is 15.3. The maximum absolute atomic E-state index is 11.8. The SMILES string of the molecule is CC(C)NC(=O)NC(=O)C(C)OC(=O)/C=C/c1ccc(C(C)C)cc1. The standard InChI is InChI=1S/C19H26N2O4/c1-12(2)16-9-6-15(7-10-16)8-11-17(22)25-14(5)18(23)21-19(24)20-13(3)4/h6-14H,1-5H3,(H2,20,21,23,24)/b11-8+. The van der Waals surface area contributed by atoms with Gasteiger partial charge in [0.1, 0.15) is 0 Å². The molecule has 0 aliphatic carbocycles. The highest BCUT2D eigenvalue weighted by atomic mass is 16.5. The van der Waals surface area contributed by atoms with Crippen molar-refractivity contribution >= 4 is 24.0 Å². The number of nitrogens with one attached hydrogen (secondary N) is 2. The van der Waals surface area contributed by atoms with Gasteiger partial charge in [-0.3, -0.25) is 10.1 Å². The smallest absolute Gasteiger partial charge is 0.331 e. The van der Waals surface area contributed by atoms with Crippen molar-refractivity contribution in [3.05, 3.63) is 41.5 Å². The summed E-state index contributed by atoms with van der Waals surface area (Å²) in [6, 6.07) is 7.09. The molecule has 0 aromatic heterocycles. The van der Waals surface area contributed by atoms with Gasteiger partial charge >= 0.3 is 12.0 Å². The van der Waals surface area contributed by atoms with Crippen LogP contribution in [-0.2, 0) is 14.3 Å². The molecule has 1 unspecified atom stereocenters. The Kier molecular flexibility index (Phi) is 7.85. The van der Waals surface area contributed by atoms with Gasteiger partial charge in [-0.2, -0.15) is 0 Å². The Hall–Kier alpha value is -2.63. The number of hydrogen-bond donors (Lipinski definition) is 2. The van der Waals surface area contributed by atoms with E-state index in [9.17, 15) is 14.4 Å². The van der Waals surface area contributed by atoms with Crippen LogP contribution in [-0.4, -0.2) is 30.1 Å². The highest BCUT2D eigenvalue weighted by molar-refractivity contribution is 5.98. The van der Waals surface area contributed by atoms with E-state index in [-0.39, 0.29) is 6.04 Å². The Labute approximate surface area is 148 Å². The van der Waals surface area contributed by atoms with Crippen LogP contribution in [0, 0.1) is 0 Å². The minimum atomic E-state index is -1.07. The van der Waals surface area contributed by atoms with Crippen molar-refractivity contribution in [1.29, 1.82) is 0 Å². The maximum Gasteiger partial charge on any atom is 0.331 e. The molecule has 1 rings (SSSR count). The number of benzene rings is 1. The summed E-state index contributed by atoms with van der Waals surface area (Å²) in [6.07, 6.45) is 1.80. The first-order valence-corrected chi connectivity index (χ1v) is 8.29. The summed E-state index contributed by atoms with van der Waals surface area (Å²) in [4.78, 5) is 35.0. The van der Waals surface area contributed by atoms with Crippen molar-refractivity contribution in [2.75, 3.05) is 0 Å². The number of urea groups is 1. The first kappa shape index (κ1) is 20.4. The normalized spacial score (nSPS) is 12.3. The molecular weight excluding hydrogens is 320 g/mol. The summed E-state index contributed by atoms with van der Waals surface area (Å²) in [7, 11) is 0. The Morgan fingerprint density at radius 1 is 1.00 bits per heavy atom. The van der Waals surface area contributed by atoms with E-state index in [4.69, 9.17) is 4.74 Å². The number of esters is 1. The number of carbonyl (C=O) groups excluding carboxylic acids is 3. The summed E-state index contributed by atoms with van der Waals surface area (Å²) in [5.74, 6) is -0.892. The van der Waals surface area contributed by atoms with Crippen LogP contribution >= 0.6 is 0 Å². The van der Waals surface area contributed by atoms with Crippen LogP contribution in [0.3, 0.4) is 0 Å². The number of hydrogen-bond acceptors (Lipinski definition) is 4. The van der Waals surface area contributed by atoms with E-state index < -0.39 is 24.0 Å². The van der Waals surface area contributed by atoms with Crippen LogP contribution in [0.5, 0.6) is 0 Å². The molecule has 1 aromatic carbocycles. The third-order valence-electron chi connectivity index (χ3n) is 3.33. The summed E-state index contributed by atoms with van der Waals surface area (Å²) in [5.41, 5.74) is 2.07. The van der Waals surface area contributed by atoms with E-state index in [1.165, 1.54) is 18.6 Å². The van der Waals surface area contributed by atoms with Crippen molar-refractivity contribution in [3.63, 3.8) is 0 Å². The molecule has 6 nitrogen and oxygen atoms in total. The molecule has 2 N–H and O–H groups in total. The summed E-state index contributed by atoms with van der Waals surface area (Å²) in [5, 5.41) is 4.63. The van der Waals surface area contributed by atoms with Crippen molar-refractivity contribution < 1.29 is 19.1 Å². The van der Waals surface area contributed by atoms with E-state index in [1.54, 1.807) is 19.9 Å². The molecule has 0 saturated heterocycles. The lowest BCUT2D eigenvalue weighted by Crippen LogP contribution is -2.46. The van der Waals surface area contributed by atoms with E-state index >= 15 is 0 Å². The highest BCUT2D eigenvalue weighted by Gasteiger charge is 2.19. The quantitative estimate of drug-likeness (QED) is 0.612. The monoisotopic (exact) mass is 346 g/mol. The van der Waals surface area contributed by atoms with Crippen molar-refractivity contribution in [2.45, 2.75) is 52.7 Å². The molecular formula is C19H26N2O4. The average molecular weight is 346 g/mol. The first-order chi connectivity index (χ1) is 11.7.